The minimum atomic E-state index is 0.544. The average molecular weight is 245 g/mol. The van der Waals surface area contributed by atoms with Crippen LogP contribution < -0.4 is 11.1 Å². The van der Waals surface area contributed by atoms with Gasteiger partial charge in [-0.05, 0) is 49.3 Å². The van der Waals surface area contributed by atoms with Gasteiger partial charge < -0.3 is 11.1 Å². The number of nitrogens with zero attached hydrogens (tertiary/aromatic N) is 1. The largest absolute Gasteiger partial charge is 0.370 e. The molecule has 3 N–H and O–H groups in total. The van der Waals surface area contributed by atoms with Gasteiger partial charge in [0.25, 0.3) is 0 Å². The number of nitrogens with two attached hydrogens (primary N) is 1. The molecule has 0 saturated carbocycles. The first-order valence-corrected chi connectivity index (χ1v) is 6.99. The summed E-state index contributed by atoms with van der Waals surface area (Å²) in [4.78, 5) is 4.34. The first-order chi connectivity index (χ1) is 8.81. The second-order valence-electron chi connectivity index (χ2n) is 4.90. The van der Waals surface area contributed by atoms with Gasteiger partial charge in [-0.3, -0.25) is 4.99 Å². The molecule has 0 radical (unpaired) electrons. The highest BCUT2D eigenvalue weighted by molar-refractivity contribution is 5.93. The Balaban J connectivity index is 2.07. The third kappa shape index (κ3) is 3.25. The van der Waals surface area contributed by atoms with E-state index >= 15 is 0 Å². The Morgan fingerprint density at radius 2 is 2.17 bits per heavy atom. The lowest BCUT2D eigenvalue weighted by Gasteiger charge is -2.19. The van der Waals surface area contributed by atoms with Crippen molar-refractivity contribution in [1.82, 2.24) is 0 Å². The summed E-state index contributed by atoms with van der Waals surface area (Å²) in [6.07, 6.45) is 7.17. The normalized spacial score (nSPS) is 15.3. The van der Waals surface area contributed by atoms with Crippen LogP contribution in [0.5, 0.6) is 0 Å². The van der Waals surface area contributed by atoms with E-state index in [-0.39, 0.29) is 0 Å². The van der Waals surface area contributed by atoms with Crippen LogP contribution in [0.4, 0.5) is 5.69 Å². The second kappa shape index (κ2) is 6.43. The van der Waals surface area contributed by atoms with Gasteiger partial charge in [0.2, 0.25) is 0 Å². The summed E-state index contributed by atoms with van der Waals surface area (Å²) in [5.41, 5.74) is 9.96. The van der Waals surface area contributed by atoms with Crippen molar-refractivity contribution in [2.75, 3.05) is 11.9 Å². The molecule has 18 heavy (non-hydrogen) atoms. The fraction of sp³-hybridized carbons (Fsp3) is 0.533. The molecule has 0 fully saturated rings. The number of hydrogen-bond acceptors (Lipinski definition) is 1. The molecule has 0 amide bonds. The molecule has 0 aromatic heterocycles. The zero-order valence-corrected chi connectivity index (χ0v) is 11.2. The van der Waals surface area contributed by atoms with E-state index in [4.69, 9.17) is 5.73 Å². The zero-order valence-electron chi connectivity index (χ0n) is 11.2. The highest BCUT2D eigenvalue weighted by Gasteiger charge is 2.12. The fourth-order valence-corrected chi connectivity index (χ4v) is 2.43. The number of nitrogens with one attached hydrogen (secondary N) is 1. The Kier molecular flexibility index (Phi) is 4.62. The summed E-state index contributed by atoms with van der Waals surface area (Å²) in [5, 5.41) is 3.26. The van der Waals surface area contributed by atoms with Gasteiger partial charge in [0.15, 0.2) is 5.96 Å². The molecule has 0 spiro atoms. The van der Waals surface area contributed by atoms with E-state index in [1.165, 1.54) is 30.4 Å². The molecule has 3 heteroatoms. The molecule has 98 valence electrons. The molecule has 0 aliphatic heterocycles. The van der Waals surface area contributed by atoms with Crippen LogP contribution in [0, 0.1) is 0 Å². The Morgan fingerprint density at radius 1 is 1.33 bits per heavy atom. The summed E-state index contributed by atoms with van der Waals surface area (Å²) in [6.45, 7) is 2.97. The lowest BCUT2D eigenvalue weighted by atomic mass is 9.90. The molecular formula is C15H23N3. The predicted molar refractivity (Wildman–Crippen MR) is 78.1 cm³/mol. The lowest BCUT2D eigenvalue weighted by molar-refractivity contribution is 0.687. The van der Waals surface area contributed by atoms with Crippen LogP contribution in [0.2, 0.25) is 0 Å². The molecule has 0 heterocycles. The molecule has 1 aromatic carbocycles. The van der Waals surface area contributed by atoms with Gasteiger partial charge in [-0.1, -0.05) is 25.5 Å². The number of unbranched alkanes of at least 4 members (excludes halogenated alkanes) is 1. The highest BCUT2D eigenvalue weighted by Crippen LogP contribution is 2.27. The first-order valence-electron chi connectivity index (χ1n) is 6.99. The Morgan fingerprint density at radius 3 is 3.00 bits per heavy atom. The molecule has 0 saturated heterocycles. The Labute approximate surface area is 109 Å². The van der Waals surface area contributed by atoms with Crippen LogP contribution in [-0.4, -0.2) is 12.5 Å². The van der Waals surface area contributed by atoms with Gasteiger partial charge in [-0.25, -0.2) is 0 Å². The minimum absolute atomic E-state index is 0.544. The molecule has 0 atom stereocenters. The maximum atomic E-state index is 5.92. The van der Waals surface area contributed by atoms with E-state index in [0.29, 0.717) is 5.96 Å². The summed E-state index contributed by atoms with van der Waals surface area (Å²) in [6, 6.07) is 6.43. The molecule has 2 rings (SSSR count). The lowest BCUT2D eigenvalue weighted by Crippen LogP contribution is -2.24. The number of fused-ring (bicyclic) bond motifs is 1. The highest BCUT2D eigenvalue weighted by atomic mass is 15.1. The summed E-state index contributed by atoms with van der Waals surface area (Å²) < 4.78 is 0. The molecular weight excluding hydrogens is 222 g/mol. The molecule has 1 aromatic rings. The van der Waals surface area contributed by atoms with Crippen molar-refractivity contribution >= 4 is 11.6 Å². The molecule has 3 nitrogen and oxygen atoms in total. The van der Waals surface area contributed by atoms with Gasteiger partial charge in [-0.2, -0.15) is 0 Å². The van der Waals surface area contributed by atoms with E-state index in [1.807, 2.05) is 0 Å². The van der Waals surface area contributed by atoms with E-state index in [0.717, 1.165) is 31.5 Å². The summed E-state index contributed by atoms with van der Waals surface area (Å²) in [5.74, 6) is 0.544. The minimum Gasteiger partial charge on any atom is -0.370 e. The van der Waals surface area contributed by atoms with Crippen LogP contribution >= 0.6 is 0 Å². The van der Waals surface area contributed by atoms with E-state index in [1.54, 1.807) is 0 Å². The van der Waals surface area contributed by atoms with Crippen molar-refractivity contribution in [2.24, 2.45) is 10.7 Å². The van der Waals surface area contributed by atoms with Gasteiger partial charge in [0.05, 0.1) is 0 Å². The van der Waals surface area contributed by atoms with Crippen molar-refractivity contribution < 1.29 is 0 Å². The third-order valence-corrected chi connectivity index (χ3v) is 3.45. The van der Waals surface area contributed by atoms with Crippen molar-refractivity contribution in [3.05, 3.63) is 29.3 Å². The van der Waals surface area contributed by atoms with Crippen LogP contribution in [0.1, 0.15) is 43.7 Å². The molecule has 0 bridgehead atoms. The van der Waals surface area contributed by atoms with Crippen molar-refractivity contribution in [3.8, 4) is 0 Å². The number of benzene rings is 1. The van der Waals surface area contributed by atoms with Gasteiger partial charge in [0.1, 0.15) is 0 Å². The topological polar surface area (TPSA) is 50.4 Å². The number of guanidine groups is 1. The number of hydrogen-bond donors (Lipinski definition) is 2. The number of anilines is 1. The Hall–Kier alpha value is -1.51. The second-order valence-corrected chi connectivity index (χ2v) is 4.90. The SMILES string of the molecule is CCCCN=C(N)Nc1cccc2c1CCCC2. The standard InChI is InChI=1S/C15H23N3/c1-2-3-11-17-15(16)18-14-10-6-8-12-7-4-5-9-13(12)14/h6,8,10H,2-5,7,9,11H2,1H3,(H3,16,17,18). The van der Waals surface area contributed by atoms with E-state index in [9.17, 15) is 0 Å². The van der Waals surface area contributed by atoms with E-state index < -0.39 is 0 Å². The van der Waals surface area contributed by atoms with E-state index in [2.05, 4.69) is 35.4 Å². The van der Waals surface area contributed by atoms with Crippen LogP contribution in [-0.2, 0) is 12.8 Å². The summed E-state index contributed by atoms with van der Waals surface area (Å²) in [7, 11) is 0. The number of aryl methyl sites for hydroxylation is 1. The van der Waals surface area contributed by atoms with Crippen molar-refractivity contribution in [2.45, 2.75) is 45.4 Å². The van der Waals surface area contributed by atoms with Crippen molar-refractivity contribution in [3.63, 3.8) is 0 Å². The average Bonchev–Trinajstić information content (AvgIpc) is 2.39. The number of rotatable bonds is 4. The van der Waals surface area contributed by atoms with Crippen LogP contribution in [0.15, 0.2) is 23.2 Å². The van der Waals surface area contributed by atoms with Crippen LogP contribution in [0.25, 0.3) is 0 Å². The van der Waals surface area contributed by atoms with Crippen LogP contribution in [0.3, 0.4) is 0 Å². The number of aliphatic imine (C=N–C) groups is 1. The summed E-state index contributed by atoms with van der Waals surface area (Å²) >= 11 is 0. The smallest absolute Gasteiger partial charge is 0.193 e. The quantitative estimate of drug-likeness (QED) is 0.486. The van der Waals surface area contributed by atoms with Gasteiger partial charge in [-0.15, -0.1) is 0 Å². The first kappa shape index (κ1) is 12.9. The Bertz CT molecular complexity index is 424. The maximum absolute atomic E-state index is 5.92. The van der Waals surface area contributed by atoms with Crippen molar-refractivity contribution in [1.29, 1.82) is 0 Å². The maximum Gasteiger partial charge on any atom is 0.193 e. The van der Waals surface area contributed by atoms with Gasteiger partial charge >= 0.3 is 0 Å². The van der Waals surface area contributed by atoms with Gasteiger partial charge in [0, 0.05) is 12.2 Å². The predicted octanol–water partition coefficient (Wildman–Crippen LogP) is 3.09. The fourth-order valence-electron chi connectivity index (χ4n) is 2.43. The molecule has 1 aliphatic rings. The third-order valence-electron chi connectivity index (χ3n) is 3.45. The monoisotopic (exact) mass is 245 g/mol. The molecule has 1 aliphatic carbocycles. The molecule has 0 unspecified atom stereocenters. The zero-order chi connectivity index (χ0) is 12.8.